The zero-order chi connectivity index (χ0) is 26.2. The van der Waals surface area contributed by atoms with Gasteiger partial charge in [-0.05, 0) is 30.7 Å². The van der Waals surface area contributed by atoms with Crippen LogP contribution >= 0.6 is 0 Å². The Bertz CT molecular complexity index is 1190. The SMILES string of the molecule is C[C@@H]1COC(=O)CCCn2cc(nn2)CO[C@H](CN(C)C(=O)Oc2cccc3ccccc23)[C@H](C)CN1. The van der Waals surface area contributed by atoms with Gasteiger partial charge in [0, 0.05) is 38.0 Å². The lowest BCUT2D eigenvalue weighted by Crippen LogP contribution is -2.44. The Morgan fingerprint density at radius 3 is 2.89 bits per heavy atom. The molecule has 0 unspecified atom stereocenters. The Labute approximate surface area is 216 Å². The van der Waals surface area contributed by atoms with E-state index >= 15 is 0 Å². The van der Waals surface area contributed by atoms with Crippen LogP contribution in [0.2, 0.25) is 0 Å². The average Bonchev–Trinajstić information content (AvgIpc) is 3.35. The minimum atomic E-state index is -0.460. The van der Waals surface area contributed by atoms with Gasteiger partial charge in [-0.3, -0.25) is 9.48 Å². The van der Waals surface area contributed by atoms with Crippen molar-refractivity contribution in [3.8, 4) is 5.75 Å². The maximum Gasteiger partial charge on any atom is 0.415 e. The molecular formula is C27H35N5O5. The molecule has 0 spiro atoms. The topological polar surface area (TPSA) is 108 Å². The molecule has 198 valence electrons. The number of hydrogen-bond acceptors (Lipinski definition) is 8. The smallest absolute Gasteiger partial charge is 0.415 e. The molecule has 0 radical (unpaired) electrons. The van der Waals surface area contributed by atoms with E-state index in [0.29, 0.717) is 50.5 Å². The van der Waals surface area contributed by atoms with E-state index in [9.17, 15) is 9.59 Å². The van der Waals surface area contributed by atoms with E-state index in [-0.39, 0.29) is 30.6 Å². The van der Waals surface area contributed by atoms with Crippen LogP contribution in [-0.4, -0.2) is 70.8 Å². The van der Waals surface area contributed by atoms with Crippen molar-refractivity contribution < 1.29 is 23.8 Å². The molecule has 2 bridgehead atoms. The number of hydrogen-bond donors (Lipinski definition) is 1. The summed E-state index contributed by atoms with van der Waals surface area (Å²) in [6.45, 7) is 6.09. The fourth-order valence-electron chi connectivity index (χ4n) is 4.16. The van der Waals surface area contributed by atoms with Crippen molar-refractivity contribution in [2.24, 2.45) is 5.92 Å². The number of fused-ring (bicyclic) bond motifs is 3. The number of cyclic esters (lactones) is 1. The molecule has 4 rings (SSSR count). The number of likely N-dealkylation sites (N-methyl/N-ethyl adjacent to an activating group) is 1. The van der Waals surface area contributed by atoms with Crippen LogP contribution in [0.15, 0.2) is 48.7 Å². The molecule has 1 aromatic heterocycles. The van der Waals surface area contributed by atoms with E-state index in [0.717, 1.165) is 10.8 Å². The van der Waals surface area contributed by atoms with Gasteiger partial charge >= 0.3 is 12.1 Å². The summed E-state index contributed by atoms with van der Waals surface area (Å²) in [5.74, 6) is 0.333. The van der Waals surface area contributed by atoms with Crippen LogP contribution in [0.5, 0.6) is 5.75 Å². The number of benzene rings is 2. The highest BCUT2D eigenvalue weighted by Gasteiger charge is 2.25. The summed E-state index contributed by atoms with van der Waals surface area (Å²) < 4.78 is 19.1. The lowest BCUT2D eigenvalue weighted by atomic mass is 10.0. The number of aryl methyl sites for hydroxylation is 1. The monoisotopic (exact) mass is 509 g/mol. The van der Waals surface area contributed by atoms with Gasteiger partial charge in [0.1, 0.15) is 18.1 Å². The quantitative estimate of drug-likeness (QED) is 0.536. The molecule has 2 aromatic carbocycles. The van der Waals surface area contributed by atoms with Gasteiger partial charge in [0.15, 0.2) is 0 Å². The number of carbonyl (C=O) groups excluding carboxylic acids is 2. The summed E-state index contributed by atoms with van der Waals surface area (Å²) in [5.41, 5.74) is 0.689. The van der Waals surface area contributed by atoms with Crippen LogP contribution in [0.25, 0.3) is 10.8 Å². The van der Waals surface area contributed by atoms with Gasteiger partial charge in [0.2, 0.25) is 0 Å². The molecule has 0 saturated heterocycles. The van der Waals surface area contributed by atoms with E-state index in [1.54, 1.807) is 17.8 Å². The summed E-state index contributed by atoms with van der Waals surface area (Å²) in [4.78, 5) is 26.6. The van der Waals surface area contributed by atoms with E-state index in [1.165, 1.54) is 4.90 Å². The Hall–Kier alpha value is -3.50. The van der Waals surface area contributed by atoms with E-state index < -0.39 is 6.09 Å². The van der Waals surface area contributed by atoms with E-state index in [4.69, 9.17) is 14.2 Å². The molecule has 3 aromatic rings. The Morgan fingerprint density at radius 2 is 2.03 bits per heavy atom. The minimum Gasteiger partial charge on any atom is -0.464 e. The highest BCUT2D eigenvalue weighted by atomic mass is 16.6. The molecule has 0 fully saturated rings. The molecule has 1 N–H and O–H groups in total. The molecule has 2 heterocycles. The highest BCUT2D eigenvalue weighted by Crippen LogP contribution is 2.25. The summed E-state index contributed by atoms with van der Waals surface area (Å²) in [6, 6.07) is 13.4. The van der Waals surface area contributed by atoms with Crippen LogP contribution in [0, 0.1) is 5.92 Å². The van der Waals surface area contributed by atoms with Crippen molar-refractivity contribution in [1.29, 1.82) is 0 Å². The first-order valence-corrected chi connectivity index (χ1v) is 12.7. The van der Waals surface area contributed by atoms with Gasteiger partial charge in [-0.15, -0.1) is 5.10 Å². The first kappa shape index (κ1) is 26.6. The first-order chi connectivity index (χ1) is 17.9. The van der Waals surface area contributed by atoms with Crippen molar-refractivity contribution in [2.45, 2.75) is 52.0 Å². The average molecular weight is 510 g/mol. The van der Waals surface area contributed by atoms with Crippen molar-refractivity contribution in [2.75, 3.05) is 26.7 Å². The third kappa shape index (κ3) is 7.50. The second kappa shape index (κ2) is 12.6. The van der Waals surface area contributed by atoms with E-state index in [1.807, 2.05) is 49.5 Å². The standard InChI is InChI=1S/C27H35N5O5/c1-19-14-28-20(2)17-36-26(33)12-7-13-32-15-22(29-30-32)18-35-25(19)16-31(3)27(34)37-24-11-6-9-21-8-4-5-10-23(21)24/h4-6,8-11,15,19-20,25,28H,7,12-14,16-18H2,1-3H3/t19-,20-,25-/m1/s1. The fraction of sp³-hybridized carbons (Fsp3) is 0.481. The lowest BCUT2D eigenvalue weighted by Gasteiger charge is -2.29. The zero-order valence-electron chi connectivity index (χ0n) is 21.6. The fourth-order valence-corrected chi connectivity index (χ4v) is 4.16. The van der Waals surface area contributed by atoms with Gasteiger partial charge in [0.25, 0.3) is 0 Å². The normalized spacial score (nSPS) is 21.8. The van der Waals surface area contributed by atoms with Crippen molar-refractivity contribution in [1.82, 2.24) is 25.2 Å². The number of amides is 1. The number of aromatic nitrogens is 3. The number of rotatable bonds is 3. The van der Waals surface area contributed by atoms with Gasteiger partial charge in [0.05, 0.1) is 25.5 Å². The first-order valence-electron chi connectivity index (χ1n) is 12.7. The molecule has 10 heteroatoms. The predicted octanol–water partition coefficient (Wildman–Crippen LogP) is 3.40. The third-order valence-corrected chi connectivity index (χ3v) is 6.43. The third-order valence-electron chi connectivity index (χ3n) is 6.43. The van der Waals surface area contributed by atoms with E-state index in [2.05, 4.69) is 22.6 Å². The van der Waals surface area contributed by atoms with Crippen LogP contribution in [0.1, 0.15) is 32.4 Å². The highest BCUT2D eigenvalue weighted by molar-refractivity contribution is 5.90. The number of esters is 1. The molecule has 0 aliphatic carbocycles. The van der Waals surface area contributed by atoms with Crippen LogP contribution < -0.4 is 10.1 Å². The summed E-state index contributed by atoms with van der Waals surface area (Å²) in [6.07, 6.45) is 2.01. The van der Waals surface area contributed by atoms with Gasteiger partial charge < -0.3 is 24.4 Å². The molecule has 10 nitrogen and oxygen atoms in total. The summed E-state index contributed by atoms with van der Waals surface area (Å²) in [7, 11) is 1.70. The molecule has 1 amide bonds. The molecule has 37 heavy (non-hydrogen) atoms. The van der Waals surface area contributed by atoms with Crippen molar-refractivity contribution >= 4 is 22.8 Å². The summed E-state index contributed by atoms with van der Waals surface area (Å²) >= 11 is 0. The number of nitrogens with one attached hydrogen (secondary N) is 1. The molecule has 0 saturated carbocycles. The maximum absolute atomic E-state index is 13.0. The van der Waals surface area contributed by atoms with Crippen LogP contribution in [-0.2, 0) is 27.4 Å². The Morgan fingerprint density at radius 1 is 1.22 bits per heavy atom. The number of carbonyl (C=O) groups is 2. The predicted molar refractivity (Wildman–Crippen MR) is 138 cm³/mol. The van der Waals surface area contributed by atoms with Gasteiger partial charge in [-0.1, -0.05) is 48.5 Å². The van der Waals surface area contributed by atoms with Gasteiger partial charge in [-0.2, -0.15) is 0 Å². The van der Waals surface area contributed by atoms with Crippen LogP contribution in [0.4, 0.5) is 4.79 Å². The minimum absolute atomic E-state index is 0.0124. The molecular weight excluding hydrogens is 474 g/mol. The largest absolute Gasteiger partial charge is 0.464 e. The Balaban J connectivity index is 1.44. The maximum atomic E-state index is 13.0. The Kier molecular flexibility index (Phi) is 9.08. The summed E-state index contributed by atoms with van der Waals surface area (Å²) in [5, 5.41) is 13.6. The second-order valence-electron chi connectivity index (χ2n) is 9.62. The second-order valence-corrected chi connectivity index (χ2v) is 9.62. The van der Waals surface area contributed by atoms with Crippen molar-refractivity contribution in [3.63, 3.8) is 0 Å². The molecule has 1 aliphatic heterocycles. The molecule has 1 aliphatic rings. The number of ether oxygens (including phenoxy) is 3. The van der Waals surface area contributed by atoms with Crippen molar-refractivity contribution in [3.05, 3.63) is 54.4 Å². The number of nitrogens with zero attached hydrogens (tertiary/aromatic N) is 4. The molecule has 3 atom stereocenters. The van der Waals surface area contributed by atoms with Crippen LogP contribution in [0.3, 0.4) is 0 Å². The van der Waals surface area contributed by atoms with Gasteiger partial charge in [-0.25, -0.2) is 4.79 Å². The lowest BCUT2D eigenvalue weighted by molar-refractivity contribution is -0.144. The zero-order valence-corrected chi connectivity index (χ0v) is 21.6.